The molecule has 0 radical (unpaired) electrons. The van der Waals surface area contributed by atoms with Crippen molar-refractivity contribution < 1.29 is 4.39 Å². The number of aromatic nitrogens is 2. The van der Waals surface area contributed by atoms with Crippen LogP contribution in [-0.4, -0.2) is 9.78 Å². The van der Waals surface area contributed by atoms with Crippen molar-refractivity contribution in [2.45, 2.75) is 45.4 Å². The molecule has 0 aliphatic heterocycles. The molecule has 2 atom stereocenters. The molecular weight excluding hydrogens is 311 g/mol. The van der Waals surface area contributed by atoms with Gasteiger partial charge in [0.2, 0.25) is 0 Å². The van der Waals surface area contributed by atoms with Gasteiger partial charge in [-0.15, -0.1) is 6.58 Å². The highest BCUT2D eigenvalue weighted by molar-refractivity contribution is 5.61. The van der Waals surface area contributed by atoms with Crippen LogP contribution in [0.25, 0.3) is 11.8 Å². The zero-order chi connectivity index (χ0) is 17.4. The van der Waals surface area contributed by atoms with Gasteiger partial charge in [0.05, 0.1) is 17.6 Å². The maximum Gasteiger partial charge on any atom is 0.123 e. The molecule has 0 N–H and O–H groups in total. The lowest BCUT2D eigenvalue weighted by Gasteiger charge is -2.36. The summed E-state index contributed by atoms with van der Waals surface area (Å²) in [5.74, 6) is 0.537. The molecule has 3 heteroatoms. The van der Waals surface area contributed by atoms with Crippen LogP contribution in [0.15, 0.2) is 48.7 Å². The number of hydrogen-bond acceptors (Lipinski definition) is 1. The number of halogens is 1. The van der Waals surface area contributed by atoms with Crippen molar-refractivity contribution in [3.05, 3.63) is 65.8 Å². The zero-order valence-electron chi connectivity index (χ0n) is 14.8. The number of unbranched alkanes of at least 4 members (excludes halogenated alkanes) is 1. The molecule has 0 spiro atoms. The van der Waals surface area contributed by atoms with Crippen LogP contribution in [0.1, 0.15) is 50.3 Å². The fourth-order valence-electron chi connectivity index (χ4n) is 4.69. The normalized spacial score (nSPS) is 24.6. The van der Waals surface area contributed by atoms with Crippen LogP contribution >= 0.6 is 0 Å². The van der Waals surface area contributed by atoms with Crippen molar-refractivity contribution in [1.82, 2.24) is 9.78 Å². The van der Waals surface area contributed by atoms with Gasteiger partial charge in [-0.2, -0.15) is 5.10 Å². The molecule has 0 amide bonds. The quantitative estimate of drug-likeness (QED) is 0.504. The molecule has 1 fully saturated rings. The first-order valence-corrected chi connectivity index (χ1v) is 9.26. The highest BCUT2D eigenvalue weighted by atomic mass is 19.1. The molecule has 1 aromatic heterocycles. The molecule has 2 aliphatic carbocycles. The first-order valence-electron chi connectivity index (χ1n) is 9.26. The summed E-state index contributed by atoms with van der Waals surface area (Å²) in [6.45, 7) is 6.28. The number of benzene rings is 1. The van der Waals surface area contributed by atoms with Gasteiger partial charge in [0.25, 0.3) is 0 Å². The Morgan fingerprint density at radius 2 is 2.16 bits per heavy atom. The van der Waals surface area contributed by atoms with Gasteiger partial charge < -0.3 is 0 Å². The smallest absolute Gasteiger partial charge is 0.123 e. The molecule has 2 nitrogen and oxygen atoms in total. The van der Waals surface area contributed by atoms with Crippen LogP contribution in [0.2, 0.25) is 0 Å². The van der Waals surface area contributed by atoms with Crippen LogP contribution in [0.3, 0.4) is 0 Å². The Morgan fingerprint density at radius 3 is 2.92 bits per heavy atom. The third-order valence-electron chi connectivity index (χ3n) is 6.18. The van der Waals surface area contributed by atoms with Crippen LogP contribution in [-0.2, 0) is 6.42 Å². The summed E-state index contributed by atoms with van der Waals surface area (Å²) < 4.78 is 15.2. The molecular formula is C22H25FN2. The van der Waals surface area contributed by atoms with Crippen molar-refractivity contribution in [2.24, 2.45) is 11.3 Å². The van der Waals surface area contributed by atoms with E-state index in [9.17, 15) is 4.39 Å². The Labute approximate surface area is 149 Å². The van der Waals surface area contributed by atoms with E-state index in [-0.39, 0.29) is 11.2 Å². The van der Waals surface area contributed by atoms with Crippen LogP contribution in [0, 0.1) is 17.2 Å². The fourth-order valence-corrected chi connectivity index (χ4v) is 4.69. The number of rotatable bonds is 5. The lowest BCUT2D eigenvalue weighted by Crippen LogP contribution is -2.28. The van der Waals surface area contributed by atoms with Crippen molar-refractivity contribution in [3.8, 4) is 5.69 Å². The van der Waals surface area contributed by atoms with E-state index in [0.29, 0.717) is 0 Å². The first kappa shape index (κ1) is 16.3. The van der Waals surface area contributed by atoms with Crippen molar-refractivity contribution in [3.63, 3.8) is 0 Å². The Balaban J connectivity index is 1.64. The third kappa shape index (κ3) is 2.76. The second-order valence-corrected chi connectivity index (χ2v) is 7.66. The molecule has 1 aromatic carbocycles. The molecule has 0 saturated heterocycles. The second-order valence-electron chi connectivity index (χ2n) is 7.66. The zero-order valence-corrected chi connectivity index (χ0v) is 14.8. The summed E-state index contributed by atoms with van der Waals surface area (Å²) in [6, 6.07) is 6.58. The van der Waals surface area contributed by atoms with Crippen LogP contribution in [0.4, 0.5) is 4.39 Å². The first-order chi connectivity index (χ1) is 12.1. The highest BCUT2D eigenvalue weighted by Gasteiger charge is 2.44. The van der Waals surface area contributed by atoms with Gasteiger partial charge in [0, 0.05) is 0 Å². The SMILES string of the molecule is C=CCCCC1CCC2=Cc3c(cnn3-c3ccc(F)cc3)CC21C. The van der Waals surface area contributed by atoms with Gasteiger partial charge in [0.15, 0.2) is 0 Å². The van der Waals surface area contributed by atoms with E-state index in [1.54, 1.807) is 17.7 Å². The molecule has 0 bridgehead atoms. The molecule has 2 aliphatic rings. The maximum absolute atomic E-state index is 13.2. The van der Waals surface area contributed by atoms with Crippen LogP contribution in [0.5, 0.6) is 0 Å². The monoisotopic (exact) mass is 336 g/mol. The van der Waals surface area contributed by atoms with Gasteiger partial charge in [-0.1, -0.05) is 18.6 Å². The van der Waals surface area contributed by atoms with E-state index in [1.165, 1.54) is 49.1 Å². The van der Waals surface area contributed by atoms with E-state index >= 15 is 0 Å². The minimum atomic E-state index is -0.214. The Kier molecular flexibility index (Phi) is 4.10. The summed E-state index contributed by atoms with van der Waals surface area (Å²) >= 11 is 0. The standard InChI is InChI=1S/C22H25FN2/c1-3-4-5-6-17-7-8-18-13-21-16(14-22(17,18)2)15-24-25(21)20-11-9-19(23)10-12-20/h3,9-13,15,17H,1,4-8,14H2,2H3. The third-order valence-corrected chi connectivity index (χ3v) is 6.18. The molecule has 1 saturated carbocycles. The van der Waals surface area contributed by atoms with Gasteiger partial charge >= 0.3 is 0 Å². The summed E-state index contributed by atoms with van der Waals surface area (Å²) in [5.41, 5.74) is 5.23. The molecule has 1 heterocycles. The molecule has 130 valence electrons. The maximum atomic E-state index is 13.2. The molecule has 4 rings (SSSR count). The molecule has 25 heavy (non-hydrogen) atoms. The summed E-state index contributed by atoms with van der Waals surface area (Å²) in [4.78, 5) is 0. The van der Waals surface area contributed by atoms with Crippen molar-refractivity contribution in [2.75, 3.05) is 0 Å². The number of nitrogens with zero attached hydrogens (tertiary/aromatic N) is 2. The molecule has 2 aromatic rings. The van der Waals surface area contributed by atoms with Gasteiger partial charge in [0.1, 0.15) is 5.82 Å². The molecule has 2 unspecified atom stereocenters. The van der Waals surface area contributed by atoms with Gasteiger partial charge in [-0.3, -0.25) is 0 Å². The summed E-state index contributed by atoms with van der Waals surface area (Å²) in [5, 5.41) is 4.59. The van der Waals surface area contributed by atoms with E-state index in [0.717, 1.165) is 24.4 Å². The second kappa shape index (κ2) is 6.29. The van der Waals surface area contributed by atoms with Gasteiger partial charge in [-0.05, 0) is 85.8 Å². The Morgan fingerprint density at radius 1 is 1.36 bits per heavy atom. The number of allylic oxidation sites excluding steroid dienone is 2. The largest absolute Gasteiger partial charge is 0.233 e. The predicted molar refractivity (Wildman–Crippen MR) is 100 cm³/mol. The van der Waals surface area contributed by atoms with E-state index < -0.39 is 0 Å². The Hall–Kier alpha value is -2.16. The van der Waals surface area contributed by atoms with E-state index in [2.05, 4.69) is 24.7 Å². The highest BCUT2D eigenvalue weighted by Crippen LogP contribution is 2.54. The average Bonchev–Trinajstić information content (AvgIpc) is 3.14. The lowest BCUT2D eigenvalue weighted by molar-refractivity contribution is 0.252. The van der Waals surface area contributed by atoms with Gasteiger partial charge in [-0.25, -0.2) is 9.07 Å². The summed E-state index contributed by atoms with van der Waals surface area (Å²) in [6.07, 6.45) is 13.5. The minimum absolute atomic E-state index is 0.214. The number of fused-ring (bicyclic) bond motifs is 2. The topological polar surface area (TPSA) is 17.8 Å². The van der Waals surface area contributed by atoms with Crippen molar-refractivity contribution in [1.29, 1.82) is 0 Å². The average molecular weight is 336 g/mol. The summed E-state index contributed by atoms with van der Waals surface area (Å²) in [7, 11) is 0. The van der Waals surface area contributed by atoms with Crippen LogP contribution < -0.4 is 0 Å². The Bertz CT molecular complexity index is 815. The minimum Gasteiger partial charge on any atom is -0.233 e. The number of hydrogen-bond donors (Lipinski definition) is 0. The predicted octanol–water partition coefficient (Wildman–Crippen LogP) is 5.72. The van der Waals surface area contributed by atoms with E-state index in [4.69, 9.17) is 0 Å². The van der Waals surface area contributed by atoms with E-state index in [1.807, 2.05) is 17.0 Å². The van der Waals surface area contributed by atoms with Crippen molar-refractivity contribution >= 4 is 6.08 Å². The fraction of sp³-hybridized carbons (Fsp3) is 0.409. The lowest BCUT2D eigenvalue weighted by atomic mass is 9.68.